The Balaban J connectivity index is 1.52. The fraction of sp³-hybridized carbons (Fsp3) is 0.259. The Hall–Kier alpha value is -3.64. The van der Waals surface area contributed by atoms with Gasteiger partial charge in [0, 0.05) is 35.6 Å². The van der Waals surface area contributed by atoms with Crippen molar-refractivity contribution in [3.05, 3.63) is 89.8 Å². The second-order valence-corrected chi connectivity index (χ2v) is 9.45. The lowest BCUT2D eigenvalue weighted by Crippen LogP contribution is -2.34. The number of benzene rings is 2. The molecule has 0 amide bonds. The third-order valence-electron chi connectivity index (χ3n) is 6.75. The predicted octanol–water partition coefficient (Wildman–Crippen LogP) is 4.52. The van der Waals surface area contributed by atoms with E-state index >= 15 is 0 Å². The zero-order valence-corrected chi connectivity index (χ0v) is 18.8. The zero-order valence-electron chi connectivity index (χ0n) is 18.8. The first-order valence-corrected chi connectivity index (χ1v) is 11.2. The van der Waals surface area contributed by atoms with Gasteiger partial charge >= 0.3 is 0 Å². The lowest BCUT2D eigenvalue weighted by molar-refractivity contribution is 0.0165. The quantitative estimate of drug-likeness (QED) is 0.612. The highest BCUT2D eigenvalue weighted by Crippen LogP contribution is 2.52. The van der Waals surface area contributed by atoms with E-state index in [2.05, 4.69) is 71.6 Å². The van der Waals surface area contributed by atoms with Crippen molar-refractivity contribution in [1.29, 1.82) is 0 Å². The number of nitrogens with two attached hydrogens (primary N) is 1. The molecular weight excluding hydrogens is 412 g/mol. The summed E-state index contributed by atoms with van der Waals surface area (Å²) in [6.07, 6.45) is 10.4. The van der Waals surface area contributed by atoms with Crippen LogP contribution in [0, 0.1) is 0 Å². The third kappa shape index (κ3) is 3.29. The van der Waals surface area contributed by atoms with Gasteiger partial charge < -0.3 is 20.5 Å². The molecule has 2 aromatic carbocycles. The highest BCUT2D eigenvalue weighted by atomic mass is 16.5. The van der Waals surface area contributed by atoms with Crippen LogP contribution in [0.15, 0.2) is 73.1 Å². The Labute approximate surface area is 193 Å². The molecule has 0 radical (unpaired) electrons. The van der Waals surface area contributed by atoms with E-state index in [1.165, 1.54) is 11.1 Å². The summed E-state index contributed by atoms with van der Waals surface area (Å²) in [5, 5.41) is 3.36. The maximum atomic E-state index is 6.40. The van der Waals surface area contributed by atoms with Gasteiger partial charge in [0.05, 0.1) is 23.4 Å². The van der Waals surface area contributed by atoms with Crippen molar-refractivity contribution in [1.82, 2.24) is 15.3 Å². The molecule has 0 saturated carbocycles. The molecule has 3 N–H and O–H groups in total. The number of fused-ring (bicyclic) bond motifs is 4. The van der Waals surface area contributed by atoms with Gasteiger partial charge in [-0.05, 0) is 73.4 Å². The van der Waals surface area contributed by atoms with E-state index in [0.717, 1.165) is 46.8 Å². The minimum Gasteiger partial charge on any atom is -0.457 e. The Bertz CT molecular complexity index is 1310. The molecule has 3 aliphatic heterocycles. The first-order valence-electron chi connectivity index (χ1n) is 11.2. The molecule has 6 nitrogen and oxygen atoms in total. The van der Waals surface area contributed by atoms with Crippen LogP contribution in [0.5, 0.6) is 11.5 Å². The molecule has 1 aromatic heterocycles. The Morgan fingerprint density at radius 1 is 0.909 bits per heavy atom. The topological polar surface area (TPSA) is 82.3 Å². The Kier molecular flexibility index (Phi) is 4.35. The minimum absolute atomic E-state index is 0.268. The number of hydrogen-bond acceptors (Lipinski definition) is 6. The molecule has 0 bridgehead atoms. The number of hydrogen-bond donors (Lipinski definition) is 2. The normalized spacial score (nSPS) is 22.5. The summed E-state index contributed by atoms with van der Waals surface area (Å²) in [4.78, 5) is 8.36. The van der Waals surface area contributed by atoms with Gasteiger partial charge in [-0.15, -0.1) is 0 Å². The average molecular weight is 439 g/mol. The maximum absolute atomic E-state index is 6.40. The number of rotatable bonds is 2. The van der Waals surface area contributed by atoms with Gasteiger partial charge in [-0.3, -0.25) is 0 Å². The standard InChI is InChI=1S/C27H26N4O2/c1-26(2)11-19(7-8-32-26)17-3-5-23-21(9-17)27(12-25(28)31-15-27)22-10-18(4-6-24(22)33-23)20-13-29-16-30-14-20/h3-6,9-14,16,31H,7-8,15,28H2,1-2H3/t27-/m1/s1. The fourth-order valence-electron chi connectivity index (χ4n) is 5.17. The van der Waals surface area contributed by atoms with Crippen molar-refractivity contribution in [2.45, 2.75) is 31.3 Å². The summed E-state index contributed by atoms with van der Waals surface area (Å²) in [7, 11) is 0. The zero-order chi connectivity index (χ0) is 22.6. The number of nitrogens with zero attached hydrogens (tertiary/aromatic N) is 2. The highest BCUT2D eigenvalue weighted by Gasteiger charge is 2.44. The predicted molar refractivity (Wildman–Crippen MR) is 128 cm³/mol. The van der Waals surface area contributed by atoms with Crippen LogP contribution in [0.25, 0.3) is 16.7 Å². The Morgan fingerprint density at radius 2 is 1.61 bits per heavy atom. The summed E-state index contributed by atoms with van der Waals surface area (Å²) >= 11 is 0. The summed E-state index contributed by atoms with van der Waals surface area (Å²) in [5.41, 5.74) is 12.3. The number of aromatic nitrogens is 2. The molecule has 33 heavy (non-hydrogen) atoms. The van der Waals surface area contributed by atoms with Crippen LogP contribution in [0.4, 0.5) is 0 Å². The molecular formula is C27H26N4O2. The van der Waals surface area contributed by atoms with Crippen molar-refractivity contribution in [3.8, 4) is 22.6 Å². The largest absolute Gasteiger partial charge is 0.457 e. The van der Waals surface area contributed by atoms with Gasteiger partial charge in [0.1, 0.15) is 17.8 Å². The lowest BCUT2D eigenvalue weighted by Gasteiger charge is -2.36. The minimum atomic E-state index is -0.421. The SMILES string of the molecule is CC1(C)C=C(c2ccc3c(c2)[C@]2(C=C(N)NC2)c2cc(-c4cncnc4)ccc2O3)CCO1. The molecule has 3 aliphatic rings. The molecule has 4 heterocycles. The third-order valence-corrected chi connectivity index (χ3v) is 6.75. The maximum Gasteiger partial charge on any atom is 0.131 e. The molecule has 1 spiro atoms. The molecule has 0 saturated heterocycles. The molecule has 1 atom stereocenters. The second-order valence-electron chi connectivity index (χ2n) is 9.45. The van der Waals surface area contributed by atoms with Gasteiger partial charge in [0.2, 0.25) is 0 Å². The van der Waals surface area contributed by atoms with Crippen molar-refractivity contribution < 1.29 is 9.47 Å². The van der Waals surface area contributed by atoms with Crippen molar-refractivity contribution in [2.24, 2.45) is 5.73 Å². The molecule has 6 heteroatoms. The van der Waals surface area contributed by atoms with E-state index in [1.54, 1.807) is 6.33 Å². The average Bonchev–Trinajstić information content (AvgIpc) is 3.21. The Morgan fingerprint density at radius 3 is 2.27 bits per heavy atom. The van der Waals surface area contributed by atoms with Crippen LogP contribution in [-0.2, 0) is 10.2 Å². The van der Waals surface area contributed by atoms with Crippen LogP contribution in [0.3, 0.4) is 0 Å². The van der Waals surface area contributed by atoms with Gasteiger partial charge in [-0.2, -0.15) is 0 Å². The summed E-state index contributed by atoms with van der Waals surface area (Å²) in [6, 6.07) is 12.8. The molecule has 0 fully saturated rings. The van der Waals surface area contributed by atoms with Crippen LogP contribution in [0.1, 0.15) is 37.0 Å². The van der Waals surface area contributed by atoms with Crippen LogP contribution in [-0.4, -0.2) is 28.7 Å². The molecule has 6 rings (SSSR count). The first kappa shape index (κ1) is 20.0. The summed E-state index contributed by atoms with van der Waals surface area (Å²) < 4.78 is 12.3. The summed E-state index contributed by atoms with van der Waals surface area (Å²) in [6.45, 7) is 5.60. The number of ether oxygens (including phenoxy) is 2. The fourth-order valence-corrected chi connectivity index (χ4v) is 5.17. The van der Waals surface area contributed by atoms with Gasteiger partial charge in [-0.25, -0.2) is 9.97 Å². The molecule has 166 valence electrons. The monoisotopic (exact) mass is 438 g/mol. The second kappa shape index (κ2) is 7.18. The molecule has 0 unspecified atom stereocenters. The van der Waals surface area contributed by atoms with Gasteiger partial charge in [-0.1, -0.05) is 12.1 Å². The van der Waals surface area contributed by atoms with E-state index in [4.69, 9.17) is 15.2 Å². The van der Waals surface area contributed by atoms with E-state index < -0.39 is 5.41 Å². The van der Waals surface area contributed by atoms with Crippen molar-refractivity contribution in [3.63, 3.8) is 0 Å². The van der Waals surface area contributed by atoms with Crippen molar-refractivity contribution in [2.75, 3.05) is 13.2 Å². The van der Waals surface area contributed by atoms with E-state index in [9.17, 15) is 0 Å². The lowest BCUT2D eigenvalue weighted by atomic mass is 9.72. The van der Waals surface area contributed by atoms with Crippen LogP contribution in [0.2, 0.25) is 0 Å². The molecule has 0 aliphatic carbocycles. The molecule has 3 aromatic rings. The van der Waals surface area contributed by atoms with Crippen LogP contribution < -0.4 is 15.8 Å². The highest BCUT2D eigenvalue weighted by molar-refractivity contribution is 5.74. The van der Waals surface area contributed by atoms with Gasteiger partial charge in [0.15, 0.2) is 0 Å². The smallest absolute Gasteiger partial charge is 0.131 e. The van der Waals surface area contributed by atoms with E-state index in [-0.39, 0.29) is 5.60 Å². The first-order chi connectivity index (χ1) is 15.9. The van der Waals surface area contributed by atoms with E-state index in [1.807, 2.05) is 18.5 Å². The number of nitrogens with one attached hydrogen (secondary N) is 1. The summed E-state index contributed by atoms with van der Waals surface area (Å²) in [5.74, 6) is 2.38. The van der Waals surface area contributed by atoms with Crippen LogP contribution >= 0.6 is 0 Å². The van der Waals surface area contributed by atoms with Gasteiger partial charge in [0.25, 0.3) is 0 Å². The van der Waals surface area contributed by atoms with E-state index in [0.29, 0.717) is 12.4 Å². The van der Waals surface area contributed by atoms with Crippen molar-refractivity contribution >= 4 is 5.57 Å².